The van der Waals surface area contributed by atoms with Crippen LogP contribution < -0.4 is 10.1 Å². The van der Waals surface area contributed by atoms with Crippen LogP contribution >= 0.6 is 11.6 Å². The highest BCUT2D eigenvalue weighted by Crippen LogP contribution is 2.28. The molecule has 232 valence electrons. The fourth-order valence-electron chi connectivity index (χ4n) is 5.26. The van der Waals surface area contributed by atoms with E-state index in [1.165, 1.54) is 24.3 Å². The second-order valence-electron chi connectivity index (χ2n) is 10.8. The SMILES string of the molecule is O=C(O)c1ccc(OC2CCN(C(=O)c3cc(NC(=O)c4cn(-c5ccccc5)nc4-c4ccc(F)cc4)ccc3Cl)CC2)cc1. The average Bonchev–Trinajstić information content (AvgIpc) is 3.53. The van der Waals surface area contributed by atoms with Gasteiger partial charge in [-0.1, -0.05) is 29.8 Å². The molecule has 0 saturated carbocycles. The number of aromatic nitrogens is 2. The van der Waals surface area contributed by atoms with Crippen molar-refractivity contribution in [3.8, 4) is 22.7 Å². The van der Waals surface area contributed by atoms with E-state index in [1.807, 2.05) is 30.3 Å². The molecule has 0 bridgehead atoms. The highest BCUT2D eigenvalue weighted by Gasteiger charge is 2.27. The topological polar surface area (TPSA) is 114 Å². The number of ether oxygens (including phenoxy) is 1. The number of anilines is 1. The number of carbonyl (C=O) groups excluding carboxylic acids is 2. The van der Waals surface area contributed by atoms with Crippen molar-refractivity contribution in [3.05, 3.63) is 131 Å². The minimum atomic E-state index is -1.01. The predicted molar refractivity (Wildman–Crippen MR) is 171 cm³/mol. The molecule has 1 aliphatic heterocycles. The first-order valence-electron chi connectivity index (χ1n) is 14.6. The lowest BCUT2D eigenvalue weighted by Gasteiger charge is -2.32. The number of rotatable bonds is 8. The van der Waals surface area contributed by atoms with E-state index in [0.717, 1.165) is 5.69 Å². The fraction of sp³-hybridized carbons (Fsp3) is 0.143. The van der Waals surface area contributed by atoms with Crippen molar-refractivity contribution < 1.29 is 28.6 Å². The Balaban J connectivity index is 1.16. The van der Waals surface area contributed by atoms with Crippen LogP contribution in [-0.2, 0) is 0 Å². The molecule has 0 atom stereocenters. The summed E-state index contributed by atoms with van der Waals surface area (Å²) < 4.78 is 21.2. The number of benzene rings is 4. The van der Waals surface area contributed by atoms with Gasteiger partial charge in [-0.2, -0.15) is 5.10 Å². The Kier molecular flexibility index (Phi) is 8.80. The first-order chi connectivity index (χ1) is 22.2. The third kappa shape index (κ3) is 6.77. The smallest absolute Gasteiger partial charge is 0.335 e. The molecule has 0 unspecified atom stereocenters. The van der Waals surface area contributed by atoms with Gasteiger partial charge in [-0.15, -0.1) is 0 Å². The van der Waals surface area contributed by atoms with Gasteiger partial charge in [0.2, 0.25) is 0 Å². The molecule has 9 nitrogen and oxygen atoms in total. The molecular weight excluding hydrogens is 611 g/mol. The van der Waals surface area contributed by atoms with Gasteiger partial charge in [0.05, 0.1) is 27.4 Å². The molecule has 1 fully saturated rings. The largest absolute Gasteiger partial charge is 0.490 e. The van der Waals surface area contributed by atoms with E-state index in [0.29, 0.717) is 48.6 Å². The predicted octanol–water partition coefficient (Wildman–Crippen LogP) is 6.97. The van der Waals surface area contributed by atoms with Crippen LogP contribution in [0.5, 0.6) is 5.75 Å². The summed E-state index contributed by atoms with van der Waals surface area (Å²) >= 11 is 6.45. The van der Waals surface area contributed by atoms with Crippen molar-refractivity contribution in [2.45, 2.75) is 18.9 Å². The second kappa shape index (κ2) is 13.3. The highest BCUT2D eigenvalue weighted by molar-refractivity contribution is 6.34. The van der Waals surface area contributed by atoms with Crippen molar-refractivity contribution in [1.29, 1.82) is 0 Å². The zero-order valence-corrected chi connectivity index (χ0v) is 25.2. The molecule has 5 aromatic rings. The lowest BCUT2D eigenvalue weighted by Crippen LogP contribution is -2.41. The number of carboxylic acid groups (broad SMARTS) is 1. The summed E-state index contributed by atoms with van der Waals surface area (Å²) in [6.45, 7) is 0.868. The number of halogens is 2. The summed E-state index contributed by atoms with van der Waals surface area (Å²) in [5.74, 6) is -1.57. The molecule has 1 aliphatic rings. The van der Waals surface area contributed by atoms with Crippen LogP contribution in [0.4, 0.5) is 10.1 Å². The van der Waals surface area contributed by atoms with Crippen LogP contribution in [0.1, 0.15) is 43.9 Å². The summed E-state index contributed by atoms with van der Waals surface area (Å²) in [7, 11) is 0. The summed E-state index contributed by atoms with van der Waals surface area (Å²) in [5.41, 5.74) is 2.75. The monoisotopic (exact) mass is 638 g/mol. The average molecular weight is 639 g/mol. The first-order valence-corrected chi connectivity index (χ1v) is 14.9. The normalized spacial score (nSPS) is 13.3. The number of carboxylic acids is 1. The zero-order chi connectivity index (χ0) is 32.2. The van der Waals surface area contributed by atoms with Crippen molar-refractivity contribution in [2.24, 2.45) is 0 Å². The maximum atomic E-state index is 13.7. The van der Waals surface area contributed by atoms with Crippen LogP contribution in [0, 0.1) is 5.82 Å². The standard InChI is InChI=1S/C35H28ClFN4O5/c36-31-15-12-25(20-29(31)34(43)40-18-16-28(17-19-40)46-27-13-8-23(9-14-27)35(44)45)38-33(42)30-21-41(26-4-2-1-3-5-26)39-32(30)22-6-10-24(37)11-7-22/h1-15,20-21,28H,16-19H2,(H,38,42)(H,44,45). The molecular formula is C35H28ClFN4O5. The number of aromatic carboxylic acids is 1. The molecule has 0 spiro atoms. The molecule has 6 rings (SSSR count). The van der Waals surface area contributed by atoms with Gasteiger partial charge in [0, 0.05) is 43.4 Å². The van der Waals surface area contributed by atoms with E-state index < -0.39 is 17.7 Å². The number of nitrogens with zero attached hydrogens (tertiary/aromatic N) is 3. The van der Waals surface area contributed by atoms with E-state index in [1.54, 1.807) is 58.2 Å². The Morgan fingerprint density at radius 3 is 2.26 bits per heavy atom. The minimum absolute atomic E-state index is 0.132. The lowest BCUT2D eigenvalue weighted by atomic mass is 10.1. The van der Waals surface area contributed by atoms with Gasteiger partial charge < -0.3 is 20.1 Å². The number of piperidine rings is 1. The number of hydrogen-bond donors (Lipinski definition) is 2. The van der Waals surface area contributed by atoms with Gasteiger partial charge in [0.15, 0.2) is 0 Å². The summed E-state index contributed by atoms with van der Waals surface area (Å²) in [6, 6.07) is 26.0. The van der Waals surface area contributed by atoms with E-state index in [2.05, 4.69) is 10.4 Å². The van der Waals surface area contributed by atoms with Crippen LogP contribution in [-0.4, -0.2) is 56.8 Å². The molecule has 46 heavy (non-hydrogen) atoms. The fourth-order valence-corrected chi connectivity index (χ4v) is 5.45. The number of amides is 2. The van der Waals surface area contributed by atoms with Crippen LogP contribution in [0.15, 0.2) is 103 Å². The minimum Gasteiger partial charge on any atom is -0.490 e. The Labute approximate surface area is 268 Å². The maximum absolute atomic E-state index is 13.7. The molecule has 2 heterocycles. The van der Waals surface area contributed by atoms with Crippen LogP contribution in [0.2, 0.25) is 5.02 Å². The van der Waals surface area contributed by atoms with Crippen molar-refractivity contribution in [1.82, 2.24) is 14.7 Å². The molecule has 1 saturated heterocycles. The number of nitrogens with one attached hydrogen (secondary N) is 1. The molecule has 2 amide bonds. The summed E-state index contributed by atoms with van der Waals surface area (Å²) in [4.78, 5) is 39.9. The molecule has 1 aromatic heterocycles. The first kappa shape index (κ1) is 30.5. The molecule has 4 aromatic carbocycles. The van der Waals surface area contributed by atoms with Crippen LogP contribution in [0.25, 0.3) is 16.9 Å². The molecule has 2 N–H and O–H groups in total. The number of carbonyl (C=O) groups is 3. The van der Waals surface area contributed by atoms with E-state index in [9.17, 15) is 18.8 Å². The Morgan fingerprint density at radius 1 is 0.891 bits per heavy atom. The Morgan fingerprint density at radius 2 is 1.59 bits per heavy atom. The van der Waals surface area contributed by atoms with Gasteiger partial charge in [-0.3, -0.25) is 9.59 Å². The third-order valence-electron chi connectivity index (χ3n) is 7.69. The van der Waals surface area contributed by atoms with Crippen LogP contribution in [0.3, 0.4) is 0 Å². The highest BCUT2D eigenvalue weighted by atomic mass is 35.5. The number of likely N-dealkylation sites (tertiary alicyclic amines) is 1. The number of para-hydroxylation sites is 1. The Hall–Kier alpha value is -5.48. The van der Waals surface area contributed by atoms with Gasteiger partial charge in [0.25, 0.3) is 11.8 Å². The summed E-state index contributed by atoms with van der Waals surface area (Å²) in [5, 5.41) is 16.8. The van der Waals surface area contributed by atoms with Crippen molar-refractivity contribution >= 4 is 35.1 Å². The van der Waals surface area contributed by atoms with Gasteiger partial charge in [-0.05, 0) is 78.9 Å². The van der Waals surface area contributed by atoms with Gasteiger partial charge in [0.1, 0.15) is 23.4 Å². The van der Waals surface area contributed by atoms with Gasteiger partial charge >= 0.3 is 5.97 Å². The summed E-state index contributed by atoms with van der Waals surface area (Å²) in [6.07, 6.45) is 2.64. The zero-order valence-electron chi connectivity index (χ0n) is 24.4. The molecule has 11 heteroatoms. The maximum Gasteiger partial charge on any atom is 0.335 e. The third-order valence-corrected chi connectivity index (χ3v) is 8.01. The molecule has 0 aliphatic carbocycles. The quantitative estimate of drug-likeness (QED) is 0.190. The Bertz CT molecular complexity index is 1890. The number of hydrogen-bond acceptors (Lipinski definition) is 5. The van der Waals surface area contributed by atoms with Crippen molar-refractivity contribution in [2.75, 3.05) is 18.4 Å². The van der Waals surface area contributed by atoms with Gasteiger partial charge in [-0.25, -0.2) is 13.9 Å². The van der Waals surface area contributed by atoms with E-state index >= 15 is 0 Å². The van der Waals surface area contributed by atoms with Crippen molar-refractivity contribution in [3.63, 3.8) is 0 Å². The second-order valence-corrected chi connectivity index (χ2v) is 11.2. The van der Waals surface area contributed by atoms with E-state index in [4.69, 9.17) is 21.4 Å². The van der Waals surface area contributed by atoms with E-state index in [-0.39, 0.29) is 33.7 Å². The molecule has 0 radical (unpaired) electrons. The lowest BCUT2D eigenvalue weighted by molar-refractivity contribution is 0.0595.